The van der Waals surface area contributed by atoms with Crippen molar-refractivity contribution >= 4 is 22.6 Å². The lowest BCUT2D eigenvalue weighted by molar-refractivity contribution is 0.102. The van der Waals surface area contributed by atoms with Crippen LogP contribution in [-0.2, 0) is 6.54 Å². The lowest BCUT2D eigenvalue weighted by Crippen LogP contribution is -2.11. The van der Waals surface area contributed by atoms with Crippen LogP contribution in [-0.4, -0.2) is 28.0 Å². The molecule has 6 heteroatoms. The van der Waals surface area contributed by atoms with Crippen LogP contribution in [0.4, 0.5) is 5.69 Å². The lowest BCUT2D eigenvalue weighted by Gasteiger charge is -2.09. The van der Waals surface area contributed by atoms with Gasteiger partial charge >= 0.3 is 0 Å². The Bertz CT molecular complexity index is 1180. The summed E-state index contributed by atoms with van der Waals surface area (Å²) in [5.41, 5.74) is 5.17. The van der Waals surface area contributed by atoms with E-state index in [2.05, 4.69) is 29.5 Å². The predicted octanol–water partition coefficient (Wildman–Crippen LogP) is 4.86. The van der Waals surface area contributed by atoms with Gasteiger partial charge < -0.3 is 10.1 Å². The highest BCUT2D eigenvalue weighted by atomic mass is 16.5. The van der Waals surface area contributed by atoms with Crippen molar-refractivity contribution in [2.24, 2.45) is 0 Å². The quantitative estimate of drug-likeness (QED) is 0.502. The van der Waals surface area contributed by atoms with Crippen LogP contribution in [0.15, 0.2) is 66.7 Å². The number of anilines is 1. The summed E-state index contributed by atoms with van der Waals surface area (Å²) in [6.07, 6.45) is 0. The Morgan fingerprint density at radius 3 is 2.60 bits per heavy atom. The number of aromatic nitrogens is 3. The van der Waals surface area contributed by atoms with Gasteiger partial charge in [0.15, 0.2) is 0 Å². The Kier molecular flexibility index (Phi) is 5.48. The molecule has 0 aliphatic rings. The summed E-state index contributed by atoms with van der Waals surface area (Å²) in [5, 5.41) is 11.4. The van der Waals surface area contributed by atoms with Crippen molar-refractivity contribution in [3.63, 3.8) is 0 Å². The van der Waals surface area contributed by atoms with E-state index < -0.39 is 0 Å². The molecule has 0 bridgehead atoms. The van der Waals surface area contributed by atoms with Crippen LogP contribution in [0.3, 0.4) is 0 Å². The molecule has 30 heavy (non-hydrogen) atoms. The Balaban J connectivity index is 1.51. The molecule has 0 spiro atoms. The maximum Gasteiger partial charge on any atom is 0.255 e. The number of nitrogens with zero attached hydrogens (tertiary/aromatic N) is 3. The van der Waals surface area contributed by atoms with Gasteiger partial charge in [-0.05, 0) is 59.5 Å². The van der Waals surface area contributed by atoms with Gasteiger partial charge in [0.2, 0.25) is 0 Å². The number of methoxy groups -OCH3 is 1. The Morgan fingerprint density at radius 1 is 1.07 bits per heavy atom. The average Bonchev–Trinajstić information content (AvgIpc) is 3.16. The van der Waals surface area contributed by atoms with Crippen molar-refractivity contribution in [1.82, 2.24) is 15.0 Å². The molecule has 0 aliphatic carbocycles. The predicted molar refractivity (Wildman–Crippen MR) is 118 cm³/mol. The number of carbonyl (C=O) groups excluding carboxylic acids is 1. The van der Waals surface area contributed by atoms with E-state index in [0.29, 0.717) is 23.5 Å². The van der Waals surface area contributed by atoms with Crippen molar-refractivity contribution in [3.05, 3.63) is 83.4 Å². The van der Waals surface area contributed by atoms with E-state index in [-0.39, 0.29) is 5.91 Å². The maximum atomic E-state index is 12.7. The minimum absolute atomic E-state index is 0.170. The van der Waals surface area contributed by atoms with Crippen molar-refractivity contribution in [1.29, 1.82) is 0 Å². The molecule has 1 N–H and O–H groups in total. The molecular formula is C24H24N4O2. The molecular weight excluding hydrogens is 376 g/mol. The number of ether oxygens (including phenoxy) is 1. The third-order valence-corrected chi connectivity index (χ3v) is 5.08. The summed E-state index contributed by atoms with van der Waals surface area (Å²) in [4.78, 5) is 12.7. The van der Waals surface area contributed by atoms with Gasteiger partial charge in [-0.15, -0.1) is 5.10 Å². The number of hydrogen-bond acceptors (Lipinski definition) is 4. The van der Waals surface area contributed by atoms with Gasteiger partial charge in [-0.3, -0.25) is 4.79 Å². The van der Waals surface area contributed by atoms with Gasteiger partial charge in [-0.2, -0.15) is 0 Å². The van der Waals surface area contributed by atoms with Gasteiger partial charge in [-0.1, -0.05) is 43.3 Å². The van der Waals surface area contributed by atoms with Crippen LogP contribution < -0.4 is 10.1 Å². The monoisotopic (exact) mass is 400 g/mol. The molecule has 0 radical (unpaired) electrons. The smallest absolute Gasteiger partial charge is 0.255 e. The van der Waals surface area contributed by atoms with Crippen LogP contribution in [0, 0.1) is 0 Å². The van der Waals surface area contributed by atoms with E-state index in [1.54, 1.807) is 19.2 Å². The summed E-state index contributed by atoms with van der Waals surface area (Å²) in [7, 11) is 1.65. The second-order valence-corrected chi connectivity index (χ2v) is 7.53. The fraction of sp³-hybridized carbons (Fsp3) is 0.208. The first-order chi connectivity index (χ1) is 14.5. The number of hydrogen-bond donors (Lipinski definition) is 1. The average molecular weight is 400 g/mol. The molecule has 4 aromatic rings. The molecule has 1 amide bonds. The number of carbonyl (C=O) groups is 1. The fourth-order valence-corrected chi connectivity index (χ4v) is 3.33. The Hall–Kier alpha value is -3.67. The molecule has 3 aromatic carbocycles. The van der Waals surface area contributed by atoms with Crippen LogP contribution >= 0.6 is 0 Å². The molecule has 152 valence electrons. The summed E-state index contributed by atoms with van der Waals surface area (Å²) >= 11 is 0. The SMILES string of the molecule is COc1cccc(Cn2nnc3cc(C(=O)Nc4ccc(C(C)C)cc4)ccc32)c1. The fourth-order valence-electron chi connectivity index (χ4n) is 3.33. The lowest BCUT2D eigenvalue weighted by atomic mass is 10.0. The number of rotatable bonds is 6. The van der Waals surface area contributed by atoms with E-state index in [0.717, 1.165) is 22.5 Å². The summed E-state index contributed by atoms with van der Waals surface area (Å²) in [6, 6.07) is 21.2. The van der Waals surface area contributed by atoms with Crippen molar-refractivity contribution < 1.29 is 9.53 Å². The molecule has 6 nitrogen and oxygen atoms in total. The third-order valence-electron chi connectivity index (χ3n) is 5.08. The molecule has 4 rings (SSSR count). The first-order valence-corrected chi connectivity index (χ1v) is 9.91. The largest absolute Gasteiger partial charge is 0.497 e. The molecule has 0 saturated heterocycles. The van der Waals surface area contributed by atoms with Crippen LogP contribution in [0.25, 0.3) is 11.0 Å². The van der Waals surface area contributed by atoms with E-state index >= 15 is 0 Å². The van der Waals surface area contributed by atoms with E-state index in [1.165, 1.54) is 5.56 Å². The van der Waals surface area contributed by atoms with Crippen molar-refractivity contribution in [2.75, 3.05) is 12.4 Å². The minimum atomic E-state index is -0.170. The highest BCUT2D eigenvalue weighted by Crippen LogP contribution is 2.20. The number of amides is 1. The van der Waals surface area contributed by atoms with Crippen molar-refractivity contribution in [2.45, 2.75) is 26.3 Å². The molecule has 0 fully saturated rings. The number of nitrogens with one attached hydrogen (secondary N) is 1. The number of benzene rings is 3. The minimum Gasteiger partial charge on any atom is -0.497 e. The molecule has 1 aromatic heterocycles. The summed E-state index contributed by atoms with van der Waals surface area (Å²) < 4.78 is 7.10. The highest BCUT2D eigenvalue weighted by molar-refractivity contribution is 6.05. The van der Waals surface area contributed by atoms with Crippen LogP contribution in [0.1, 0.15) is 41.3 Å². The van der Waals surface area contributed by atoms with Crippen LogP contribution in [0.2, 0.25) is 0 Å². The molecule has 0 aliphatic heterocycles. The van der Waals surface area contributed by atoms with Crippen molar-refractivity contribution in [3.8, 4) is 5.75 Å². The molecule has 1 heterocycles. The zero-order valence-corrected chi connectivity index (χ0v) is 17.3. The zero-order chi connectivity index (χ0) is 21.1. The number of fused-ring (bicyclic) bond motifs is 1. The zero-order valence-electron chi connectivity index (χ0n) is 17.3. The van der Waals surface area contributed by atoms with Crippen LogP contribution in [0.5, 0.6) is 5.75 Å². The topological polar surface area (TPSA) is 69.0 Å². The maximum absolute atomic E-state index is 12.7. The first-order valence-electron chi connectivity index (χ1n) is 9.91. The second kappa shape index (κ2) is 8.37. The summed E-state index contributed by atoms with van der Waals surface area (Å²) in [6.45, 7) is 4.86. The molecule has 0 atom stereocenters. The first kappa shape index (κ1) is 19.6. The van der Waals surface area contributed by atoms with Gasteiger partial charge in [0.05, 0.1) is 19.2 Å². The Morgan fingerprint density at radius 2 is 1.87 bits per heavy atom. The van der Waals surface area contributed by atoms with Gasteiger partial charge in [-0.25, -0.2) is 4.68 Å². The van der Waals surface area contributed by atoms with E-state index in [1.807, 2.05) is 59.3 Å². The third kappa shape index (κ3) is 4.17. The van der Waals surface area contributed by atoms with Gasteiger partial charge in [0.25, 0.3) is 5.91 Å². The van der Waals surface area contributed by atoms with E-state index in [9.17, 15) is 4.79 Å². The summed E-state index contributed by atoms with van der Waals surface area (Å²) in [5.74, 6) is 1.09. The van der Waals surface area contributed by atoms with Gasteiger partial charge in [0, 0.05) is 11.3 Å². The normalized spacial score (nSPS) is 11.1. The standard InChI is InChI=1S/C24H24N4O2/c1-16(2)18-7-10-20(11-8-18)25-24(29)19-9-12-23-22(14-19)26-27-28(23)15-17-5-4-6-21(13-17)30-3/h4-14,16H,15H2,1-3H3,(H,25,29). The van der Waals surface area contributed by atoms with Gasteiger partial charge in [0.1, 0.15) is 11.3 Å². The molecule has 0 unspecified atom stereocenters. The van der Waals surface area contributed by atoms with E-state index in [4.69, 9.17) is 4.74 Å². The Labute approximate surface area is 175 Å². The highest BCUT2D eigenvalue weighted by Gasteiger charge is 2.11. The second-order valence-electron chi connectivity index (χ2n) is 7.53. The molecule has 0 saturated carbocycles.